The summed E-state index contributed by atoms with van der Waals surface area (Å²) in [6.45, 7) is 5.30. The van der Waals surface area contributed by atoms with E-state index in [9.17, 15) is 4.79 Å². The van der Waals surface area contributed by atoms with Gasteiger partial charge in [0.15, 0.2) is 0 Å². The van der Waals surface area contributed by atoms with Crippen LogP contribution in [0.4, 0.5) is 0 Å². The van der Waals surface area contributed by atoms with Gasteiger partial charge in [0, 0.05) is 4.88 Å². The molecule has 2 aromatic rings. The lowest BCUT2D eigenvalue weighted by molar-refractivity contribution is -0.126. The standard InChI is InChI=1S/C21H27NO2S/c1-15(2)12-16-7-9-18(10-8-16)21(19-4-3-11-25-19)22-20(23)14-24-13-17-5-6-17/h3-4,7-11,15,17,21H,5-6,12-14H2,1-2H3,(H,22,23). The van der Waals surface area contributed by atoms with Crippen LogP contribution in [0.5, 0.6) is 0 Å². The summed E-state index contributed by atoms with van der Waals surface area (Å²) in [4.78, 5) is 13.5. The zero-order valence-electron chi connectivity index (χ0n) is 15.0. The topological polar surface area (TPSA) is 38.3 Å². The van der Waals surface area contributed by atoms with Crippen molar-refractivity contribution in [2.75, 3.05) is 13.2 Å². The molecule has 1 aromatic heterocycles. The van der Waals surface area contributed by atoms with Crippen molar-refractivity contribution in [2.24, 2.45) is 11.8 Å². The zero-order chi connectivity index (χ0) is 17.6. The highest BCUT2D eigenvalue weighted by molar-refractivity contribution is 7.10. The van der Waals surface area contributed by atoms with E-state index < -0.39 is 0 Å². The first kappa shape index (κ1) is 18.2. The van der Waals surface area contributed by atoms with Crippen LogP contribution in [0.25, 0.3) is 0 Å². The predicted molar refractivity (Wildman–Crippen MR) is 103 cm³/mol. The molecule has 0 radical (unpaired) electrons. The number of carbonyl (C=O) groups is 1. The normalized spacial score (nSPS) is 15.3. The van der Waals surface area contributed by atoms with Crippen LogP contribution >= 0.6 is 11.3 Å². The number of ether oxygens (including phenoxy) is 1. The van der Waals surface area contributed by atoms with Gasteiger partial charge in [0.25, 0.3) is 0 Å². The second-order valence-electron chi connectivity index (χ2n) is 7.31. The molecule has 1 amide bonds. The molecule has 0 saturated heterocycles. The fourth-order valence-corrected chi connectivity index (χ4v) is 3.70. The maximum Gasteiger partial charge on any atom is 0.246 e. The molecule has 1 N–H and O–H groups in total. The zero-order valence-corrected chi connectivity index (χ0v) is 15.9. The van der Waals surface area contributed by atoms with Gasteiger partial charge in [-0.1, -0.05) is 44.2 Å². The fourth-order valence-electron chi connectivity index (χ4n) is 2.90. The van der Waals surface area contributed by atoms with Crippen molar-refractivity contribution in [1.29, 1.82) is 0 Å². The summed E-state index contributed by atoms with van der Waals surface area (Å²) in [7, 11) is 0. The van der Waals surface area contributed by atoms with Crippen LogP contribution in [0.15, 0.2) is 41.8 Å². The Labute approximate surface area is 154 Å². The molecule has 134 valence electrons. The summed E-state index contributed by atoms with van der Waals surface area (Å²) in [5.74, 6) is 1.27. The monoisotopic (exact) mass is 357 g/mol. The first-order valence-corrected chi connectivity index (χ1v) is 9.99. The molecular weight excluding hydrogens is 330 g/mol. The van der Waals surface area contributed by atoms with E-state index in [0.29, 0.717) is 18.4 Å². The van der Waals surface area contributed by atoms with Crippen LogP contribution in [0, 0.1) is 11.8 Å². The molecule has 1 unspecified atom stereocenters. The maximum absolute atomic E-state index is 12.3. The third kappa shape index (κ3) is 5.68. The number of rotatable bonds is 9. The summed E-state index contributed by atoms with van der Waals surface area (Å²) < 4.78 is 5.53. The Balaban J connectivity index is 1.65. The molecule has 1 fully saturated rings. The predicted octanol–water partition coefficient (Wildman–Crippen LogP) is 4.58. The molecule has 1 saturated carbocycles. The average Bonchev–Trinajstić information content (AvgIpc) is 3.24. The number of amides is 1. The second-order valence-corrected chi connectivity index (χ2v) is 8.29. The molecule has 1 atom stereocenters. The summed E-state index contributed by atoms with van der Waals surface area (Å²) in [6, 6.07) is 12.6. The quantitative estimate of drug-likeness (QED) is 0.713. The Morgan fingerprint density at radius 1 is 1.24 bits per heavy atom. The van der Waals surface area contributed by atoms with Crippen LogP contribution < -0.4 is 5.32 Å². The summed E-state index contributed by atoms with van der Waals surface area (Å²) in [5.41, 5.74) is 2.45. The van der Waals surface area contributed by atoms with Crippen molar-refractivity contribution in [3.63, 3.8) is 0 Å². The Kier molecular flexibility index (Phi) is 6.27. The van der Waals surface area contributed by atoms with E-state index >= 15 is 0 Å². The highest BCUT2D eigenvalue weighted by Gasteiger charge is 2.22. The highest BCUT2D eigenvalue weighted by atomic mass is 32.1. The Morgan fingerprint density at radius 2 is 2.00 bits per heavy atom. The fraction of sp³-hybridized carbons (Fsp3) is 0.476. The van der Waals surface area contributed by atoms with Gasteiger partial charge in [0.1, 0.15) is 6.61 Å². The van der Waals surface area contributed by atoms with Crippen molar-refractivity contribution < 1.29 is 9.53 Å². The first-order chi connectivity index (χ1) is 12.1. The number of benzene rings is 1. The average molecular weight is 358 g/mol. The number of nitrogens with one attached hydrogen (secondary N) is 1. The number of thiophene rings is 1. The molecule has 0 bridgehead atoms. The molecule has 3 rings (SSSR count). The Morgan fingerprint density at radius 3 is 2.60 bits per heavy atom. The van der Waals surface area contributed by atoms with Gasteiger partial charge >= 0.3 is 0 Å². The molecule has 1 heterocycles. The molecule has 3 nitrogen and oxygen atoms in total. The van der Waals surface area contributed by atoms with Crippen LogP contribution in [-0.4, -0.2) is 19.1 Å². The molecule has 0 spiro atoms. The molecule has 25 heavy (non-hydrogen) atoms. The van der Waals surface area contributed by atoms with Crippen molar-refractivity contribution in [2.45, 2.75) is 39.2 Å². The van der Waals surface area contributed by atoms with E-state index in [1.165, 1.54) is 18.4 Å². The van der Waals surface area contributed by atoms with Crippen molar-refractivity contribution in [3.8, 4) is 0 Å². The first-order valence-electron chi connectivity index (χ1n) is 9.11. The van der Waals surface area contributed by atoms with Gasteiger partial charge in [-0.15, -0.1) is 11.3 Å². The van der Waals surface area contributed by atoms with Crippen LogP contribution in [0.1, 0.15) is 48.7 Å². The van der Waals surface area contributed by atoms with Gasteiger partial charge in [-0.2, -0.15) is 0 Å². The van der Waals surface area contributed by atoms with Gasteiger partial charge in [0.2, 0.25) is 5.91 Å². The third-order valence-electron chi connectivity index (χ3n) is 4.37. The second kappa shape index (κ2) is 8.63. The van der Waals surface area contributed by atoms with Crippen LogP contribution in [0.3, 0.4) is 0 Å². The molecule has 1 aromatic carbocycles. The van der Waals surface area contributed by atoms with Gasteiger partial charge in [-0.05, 0) is 53.7 Å². The minimum Gasteiger partial charge on any atom is -0.371 e. The lowest BCUT2D eigenvalue weighted by Crippen LogP contribution is -2.32. The number of carbonyl (C=O) groups excluding carboxylic acids is 1. The molecule has 1 aliphatic carbocycles. The van der Waals surface area contributed by atoms with Gasteiger partial charge in [0.05, 0.1) is 12.6 Å². The van der Waals surface area contributed by atoms with E-state index in [1.54, 1.807) is 11.3 Å². The van der Waals surface area contributed by atoms with E-state index in [0.717, 1.165) is 16.9 Å². The molecular formula is C21H27NO2S. The molecule has 0 aliphatic heterocycles. The third-order valence-corrected chi connectivity index (χ3v) is 5.31. The number of hydrogen-bond acceptors (Lipinski definition) is 3. The summed E-state index contributed by atoms with van der Waals surface area (Å²) in [6.07, 6.45) is 3.55. The smallest absolute Gasteiger partial charge is 0.246 e. The van der Waals surface area contributed by atoms with Crippen LogP contribution in [-0.2, 0) is 16.0 Å². The van der Waals surface area contributed by atoms with Gasteiger partial charge in [-0.25, -0.2) is 0 Å². The lowest BCUT2D eigenvalue weighted by atomic mass is 9.99. The van der Waals surface area contributed by atoms with Gasteiger partial charge in [-0.3, -0.25) is 4.79 Å². The molecule has 4 heteroatoms. The lowest BCUT2D eigenvalue weighted by Gasteiger charge is -2.19. The van der Waals surface area contributed by atoms with Crippen LogP contribution in [0.2, 0.25) is 0 Å². The Bertz CT molecular complexity index is 660. The van der Waals surface area contributed by atoms with Crippen molar-refractivity contribution >= 4 is 17.2 Å². The van der Waals surface area contributed by atoms with E-state index in [-0.39, 0.29) is 18.6 Å². The largest absolute Gasteiger partial charge is 0.371 e. The number of hydrogen-bond donors (Lipinski definition) is 1. The minimum atomic E-state index is -0.106. The van der Waals surface area contributed by atoms with E-state index in [1.807, 2.05) is 11.4 Å². The molecule has 1 aliphatic rings. The Hall–Kier alpha value is -1.65. The minimum absolute atomic E-state index is 0.0506. The summed E-state index contributed by atoms with van der Waals surface area (Å²) in [5, 5.41) is 5.18. The SMILES string of the molecule is CC(C)Cc1ccc(C(NC(=O)COCC2CC2)c2cccs2)cc1. The van der Waals surface area contributed by atoms with Crippen molar-refractivity contribution in [1.82, 2.24) is 5.32 Å². The van der Waals surface area contributed by atoms with Crippen molar-refractivity contribution in [3.05, 3.63) is 57.8 Å². The van der Waals surface area contributed by atoms with Gasteiger partial charge < -0.3 is 10.1 Å². The highest BCUT2D eigenvalue weighted by Crippen LogP contribution is 2.29. The van der Waals surface area contributed by atoms with E-state index in [4.69, 9.17) is 4.74 Å². The summed E-state index contributed by atoms with van der Waals surface area (Å²) >= 11 is 1.67. The maximum atomic E-state index is 12.3. The van der Waals surface area contributed by atoms with E-state index in [2.05, 4.69) is 49.5 Å².